The monoisotopic (exact) mass is 704 g/mol. The van der Waals surface area contributed by atoms with Crippen molar-refractivity contribution in [1.29, 1.82) is 0 Å². The van der Waals surface area contributed by atoms with Crippen LogP contribution in [0.5, 0.6) is 0 Å². The van der Waals surface area contributed by atoms with E-state index in [0.717, 1.165) is 72.7 Å². The van der Waals surface area contributed by atoms with Crippen LogP contribution in [-0.2, 0) is 50.2 Å². The zero-order valence-electron chi connectivity index (χ0n) is 24.2. The van der Waals surface area contributed by atoms with Gasteiger partial charge >= 0.3 is 21.1 Å². The Bertz CT molecular complexity index is 1330. The van der Waals surface area contributed by atoms with E-state index in [0.29, 0.717) is 0 Å². The van der Waals surface area contributed by atoms with Gasteiger partial charge in [-0.1, -0.05) is 59.9 Å². The van der Waals surface area contributed by atoms with Crippen LogP contribution in [0.4, 0.5) is 0 Å². The molecule has 208 valence electrons. The molecule has 2 aliphatic carbocycles. The first-order valence-electron chi connectivity index (χ1n) is 13.8. The number of rotatable bonds is 2. The summed E-state index contributed by atoms with van der Waals surface area (Å²) in [6.07, 6.45) is 13.9. The van der Waals surface area contributed by atoms with Gasteiger partial charge in [0.25, 0.3) is 0 Å². The van der Waals surface area contributed by atoms with Crippen molar-refractivity contribution in [3.05, 3.63) is 65.0 Å². The summed E-state index contributed by atoms with van der Waals surface area (Å²) >= 11 is 0. The zero-order valence-corrected chi connectivity index (χ0v) is 26.4. The van der Waals surface area contributed by atoms with Crippen molar-refractivity contribution in [2.24, 2.45) is 0 Å². The van der Waals surface area contributed by atoms with E-state index in [2.05, 4.69) is 91.0 Å². The molecule has 39 heavy (non-hydrogen) atoms. The molecule has 0 amide bonds. The van der Waals surface area contributed by atoms with E-state index in [-0.39, 0.29) is 37.3 Å². The Morgan fingerprint density at radius 1 is 0.718 bits per heavy atom. The average molecular weight is 705 g/mol. The molecule has 4 heterocycles. The van der Waals surface area contributed by atoms with Crippen LogP contribution >= 0.6 is 0 Å². The normalized spacial score (nSPS) is 17.2. The molecule has 0 fully saturated rings. The first-order valence-corrected chi connectivity index (χ1v) is 13.8. The Labute approximate surface area is 246 Å². The summed E-state index contributed by atoms with van der Waals surface area (Å²) < 4.78 is 0. The molecule has 4 aromatic heterocycles. The Balaban J connectivity index is 0.000000273. The minimum atomic E-state index is 0. The molecule has 2 aliphatic rings. The van der Waals surface area contributed by atoms with Crippen LogP contribution in [0.2, 0.25) is 0 Å². The largest absolute Gasteiger partial charge is 2.00 e. The molecule has 0 saturated heterocycles. The summed E-state index contributed by atoms with van der Waals surface area (Å²) in [5.74, 6) is 0. The number of fused-ring (bicyclic) bond motifs is 2. The van der Waals surface area contributed by atoms with Gasteiger partial charge in [-0.2, -0.15) is 0 Å². The fourth-order valence-electron chi connectivity index (χ4n) is 5.74. The van der Waals surface area contributed by atoms with Crippen LogP contribution in [0.15, 0.2) is 36.9 Å². The van der Waals surface area contributed by atoms with Gasteiger partial charge in [0.2, 0.25) is 0 Å². The quantitative estimate of drug-likeness (QED) is 0.248. The maximum atomic E-state index is 4.90. The molecule has 0 radical (unpaired) electrons. The number of pyridine rings is 1. The van der Waals surface area contributed by atoms with E-state index < -0.39 is 0 Å². The molecule has 0 saturated carbocycles. The molecular formula is C31H39N7Pt. The summed E-state index contributed by atoms with van der Waals surface area (Å²) in [5, 5.41) is 18.1. The van der Waals surface area contributed by atoms with Crippen LogP contribution < -0.4 is 10.2 Å². The summed E-state index contributed by atoms with van der Waals surface area (Å²) in [7, 11) is 0. The van der Waals surface area contributed by atoms with Gasteiger partial charge in [0, 0.05) is 34.6 Å². The molecule has 0 atom stereocenters. The Morgan fingerprint density at radius 2 is 1.18 bits per heavy atom. The number of nitrogens with zero attached hydrogens (tertiary/aromatic N) is 7. The molecule has 0 N–H and O–H groups in total. The van der Waals surface area contributed by atoms with Gasteiger partial charge in [-0.15, -0.1) is 0 Å². The second-order valence-corrected chi connectivity index (χ2v) is 13.0. The SMILES string of the molecule is CC(C)(C)c1ccncc1.CC1(C)CCCc2c1n[n-]c2-c1cncc(-c2[n-]nc3c2CCCC3(C)C)n1.[Pt+2]. The van der Waals surface area contributed by atoms with Gasteiger partial charge in [-0.3, -0.25) is 9.97 Å². The molecule has 0 unspecified atom stereocenters. The van der Waals surface area contributed by atoms with Gasteiger partial charge in [0.05, 0.1) is 23.8 Å². The van der Waals surface area contributed by atoms with Crippen LogP contribution in [0.1, 0.15) is 102 Å². The maximum Gasteiger partial charge on any atom is 2.00 e. The van der Waals surface area contributed by atoms with Crippen molar-refractivity contribution in [1.82, 2.24) is 35.3 Å². The second kappa shape index (κ2) is 11.1. The summed E-state index contributed by atoms with van der Waals surface area (Å²) in [6, 6.07) is 4.11. The van der Waals surface area contributed by atoms with E-state index in [1.165, 1.54) is 16.7 Å². The van der Waals surface area contributed by atoms with Crippen LogP contribution in [0.3, 0.4) is 0 Å². The maximum absolute atomic E-state index is 4.90. The van der Waals surface area contributed by atoms with E-state index in [1.807, 2.05) is 12.4 Å². The molecule has 0 spiro atoms. The summed E-state index contributed by atoms with van der Waals surface area (Å²) in [4.78, 5) is 13.3. The summed E-state index contributed by atoms with van der Waals surface area (Å²) in [5.41, 5.74) is 9.78. The fourth-order valence-corrected chi connectivity index (χ4v) is 5.74. The Morgan fingerprint density at radius 3 is 1.59 bits per heavy atom. The minimum absolute atomic E-state index is 0. The fraction of sp³-hybridized carbons (Fsp3) is 0.516. The standard InChI is InChI=1S/C22H26N6.C9H13N.Pt/c1-21(2)9-5-7-13-17(25-27-19(13)21)15-11-23-12-16(24-15)18-14-8-6-10-22(3,4)20(14)28-26-18;1-9(2,3)8-4-6-10-7-5-8;/h11-12H,5-10H2,1-4H3;4-7H,1-3H3;/q-2;;+2. The van der Waals surface area contributed by atoms with Crippen LogP contribution in [0, 0.1) is 0 Å². The van der Waals surface area contributed by atoms with Crippen LogP contribution in [-0.4, -0.2) is 25.1 Å². The second-order valence-electron chi connectivity index (χ2n) is 13.0. The molecule has 0 aromatic carbocycles. The third kappa shape index (κ3) is 5.94. The van der Waals surface area contributed by atoms with Crippen molar-refractivity contribution in [2.45, 2.75) is 103 Å². The molecule has 6 rings (SSSR count). The third-order valence-corrected chi connectivity index (χ3v) is 8.05. The Hall–Kier alpha value is -2.66. The number of hydrogen-bond acceptors (Lipinski definition) is 5. The minimum Gasteiger partial charge on any atom is -0.573 e. The van der Waals surface area contributed by atoms with E-state index in [9.17, 15) is 0 Å². The first kappa shape index (κ1) is 29.3. The first-order chi connectivity index (χ1) is 18.0. The summed E-state index contributed by atoms with van der Waals surface area (Å²) in [6.45, 7) is 15.6. The van der Waals surface area contributed by atoms with Gasteiger partial charge in [0.1, 0.15) is 0 Å². The van der Waals surface area contributed by atoms with Crippen molar-refractivity contribution in [3.63, 3.8) is 0 Å². The van der Waals surface area contributed by atoms with Crippen molar-refractivity contribution in [3.8, 4) is 22.8 Å². The van der Waals surface area contributed by atoms with E-state index in [4.69, 9.17) is 4.98 Å². The van der Waals surface area contributed by atoms with Crippen molar-refractivity contribution in [2.75, 3.05) is 0 Å². The average Bonchev–Trinajstić information content (AvgIpc) is 3.51. The molecule has 0 aliphatic heterocycles. The molecule has 8 heteroatoms. The molecular weight excluding hydrogens is 665 g/mol. The molecule has 0 bridgehead atoms. The van der Waals surface area contributed by atoms with Gasteiger partial charge in [0.15, 0.2) is 0 Å². The van der Waals surface area contributed by atoms with Gasteiger partial charge < -0.3 is 20.4 Å². The van der Waals surface area contributed by atoms with Crippen LogP contribution in [0.25, 0.3) is 22.8 Å². The predicted octanol–water partition coefficient (Wildman–Crippen LogP) is 6.12. The number of aromatic nitrogens is 7. The van der Waals surface area contributed by atoms with Crippen molar-refractivity contribution >= 4 is 0 Å². The topological polar surface area (TPSA) is 92.7 Å². The predicted molar refractivity (Wildman–Crippen MR) is 150 cm³/mol. The number of hydrogen-bond donors (Lipinski definition) is 0. The van der Waals surface area contributed by atoms with Gasteiger partial charge in [-0.05, 0) is 72.8 Å². The zero-order chi connectivity index (χ0) is 27.1. The third-order valence-electron chi connectivity index (χ3n) is 8.05. The Kier molecular flexibility index (Phi) is 8.33. The van der Waals surface area contributed by atoms with Gasteiger partial charge in [-0.25, -0.2) is 4.98 Å². The van der Waals surface area contributed by atoms with Crippen molar-refractivity contribution < 1.29 is 21.1 Å². The van der Waals surface area contributed by atoms with E-state index >= 15 is 0 Å². The van der Waals surface area contributed by atoms with E-state index in [1.54, 1.807) is 12.4 Å². The molecule has 4 aromatic rings. The smallest absolute Gasteiger partial charge is 0.573 e. The molecule has 7 nitrogen and oxygen atoms in total.